The van der Waals surface area contributed by atoms with Crippen molar-refractivity contribution in [2.75, 3.05) is 0 Å². The lowest BCUT2D eigenvalue weighted by Crippen LogP contribution is -2.41. The summed E-state index contributed by atoms with van der Waals surface area (Å²) in [5, 5.41) is 7.90. The summed E-state index contributed by atoms with van der Waals surface area (Å²) < 4.78 is 1.91. The van der Waals surface area contributed by atoms with Crippen LogP contribution in [0.2, 0.25) is 0 Å². The van der Waals surface area contributed by atoms with E-state index in [4.69, 9.17) is 0 Å². The molecule has 0 aliphatic heterocycles. The highest BCUT2D eigenvalue weighted by Crippen LogP contribution is 2.44. The molecule has 4 atom stereocenters. The second kappa shape index (κ2) is 4.17. The van der Waals surface area contributed by atoms with Crippen molar-refractivity contribution in [1.29, 1.82) is 0 Å². The molecule has 4 unspecified atom stereocenters. The molecule has 4 heteroatoms. The van der Waals surface area contributed by atoms with Crippen molar-refractivity contribution in [2.45, 2.75) is 51.2 Å². The number of hydrogen-bond donors (Lipinski definition) is 1. The van der Waals surface area contributed by atoms with Crippen LogP contribution in [-0.4, -0.2) is 26.8 Å². The van der Waals surface area contributed by atoms with Gasteiger partial charge in [0.15, 0.2) is 0 Å². The van der Waals surface area contributed by atoms with Gasteiger partial charge in [-0.2, -0.15) is 5.10 Å². The molecule has 0 radical (unpaired) electrons. The maximum absolute atomic E-state index is 4.14. The first-order valence-corrected chi connectivity index (χ1v) is 6.39. The highest BCUT2D eigenvalue weighted by molar-refractivity contribution is 4.94. The third-order valence-corrected chi connectivity index (χ3v) is 4.16. The van der Waals surface area contributed by atoms with Crippen molar-refractivity contribution in [3.8, 4) is 0 Å². The predicted octanol–water partition coefficient (Wildman–Crippen LogP) is 1.44. The molecule has 1 aromatic rings. The van der Waals surface area contributed by atoms with Crippen LogP contribution < -0.4 is 5.32 Å². The van der Waals surface area contributed by atoms with E-state index in [9.17, 15) is 0 Å². The summed E-state index contributed by atoms with van der Waals surface area (Å²) in [7, 11) is 0. The van der Waals surface area contributed by atoms with Gasteiger partial charge in [-0.1, -0.05) is 6.42 Å². The van der Waals surface area contributed by atoms with Gasteiger partial charge in [0.05, 0.1) is 6.54 Å². The molecule has 1 heterocycles. The molecule has 16 heavy (non-hydrogen) atoms. The fourth-order valence-corrected chi connectivity index (χ4v) is 3.47. The Bertz CT molecular complexity index is 335. The Hall–Kier alpha value is -0.900. The van der Waals surface area contributed by atoms with Gasteiger partial charge >= 0.3 is 0 Å². The number of hydrogen-bond acceptors (Lipinski definition) is 3. The second-order valence-corrected chi connectivity index (χ2v) is 5.47. The molecule has 88 valence electrons. The van der Waals surface area contributed by atoms with E-state index in [1.54, 1.807) is 12.7 Å². The summed E-state index contributed by atoms with van der Waals surface area (Å²) in [5.74, 6) is 1.96. The average molecular weight is 220 g/mol. The van der Waals surface area contributed by atoms with E-state index in [2.05, 4.69) is 22.3 Å². The number of nitrogens with zero attached hydrogens (tertiary/aromatic N) is 3. The lowest BCUT2D eigenvalue weighted by atomic mass is 9.95. The first-order chi connectivity index (χ1) is 7.81. The molecule has 0 aromatic carbocycles. The predicted molar refractivity (Wildman–Crippen MR) is 61.9 cm³/mol. The molecule has 0 amide bonds. The summed E-state index contributed by atoms with van der Waals surface area (Å²) in [4.78, 5) is 3.97. The van der Waals surface area contributed by atoms with Crippen molar-refractivity contribution in [2.24, 2.45) is 11.8 Å². The van der Waals surface area contributed by atoms with Crippen LogP contribution in [0.3, 0.4) is 0 Å². The van der Waals surface area contributed by atoms with Crippen molar-refractivity contribution in [3.05, 3.63) is 12.7 Å². The Morgan fingerprint density at radius 2 is 2.38 bits per heavy atom. The molecule has 2 aliphatic carbocycles. The van der Waals surface area contributed by atoms with Crippen LogP contribution in [0.5, 0.6) is 0 Å². The van der Waals surface area contributed by atoms with Crippen LogP contribution in [0, 0.1) is 11.8 Å². The van der Waals surface area contributed by atoms with Gasteiger partial charge in [-0.25, -0.2) is 4.98 Å². The molecule has 2 aliphatic rings. The molecule has 1 aromatic heterocycles. The lowest BCUT2D eigenvalue weighted by molar-refractivity contribution is 0.306. The van der Waals surface area contributed by atoms with Crippen LogP contribution in [0.1, 0.15) is 32.6 Å². The Morgan fingerprint density at radius 1 is 1.44 bits per heavy atom. The van der Waals surface area contributed by atoms with Crippen LogP contribution in [0.4, 0.5) is 0 Å². The zero-order chi connectivity index (χ0) is 11.0. The highest BCUT2D eigenvalue weighted by Gasteiger charge is 2.39. The van der Waals surface area contributed by atoms with E-state index in [1.807, 2.05) is 4.68 Å². The summed E-state index contributed by atoms with van der Waals surface area (Å²) >= 11 is 0. The Labute approximate surface area is 96.4 Å². The van der Waals surface area contributed by atoms with Crippen LogP contribution in [0.25, 0.3) is 0 Å². The quantitative estimate of drug-likeness (QED) is 0.835. The third-order valence-electron chi connectivity index (χ3n) is 4.16. The molecule has 2 bridgehead atoms. The smallest absolute Gasteiger partial charge is 0.137 e. The summed E-state index contributed by atoms with van der Waals surface area (Å²) in [6, 6.07) is 1.25. The zero-order valence-corrected chi connectivity index (χ0v) is 9.84. The minimum absolute atomic E-state index is 0.492. The third kappa shape index (κ3) is 1.98. The standard InChI is InChI=1S/C12H20N4/c1-9(6-16-8-13-7-14-16)15-12-5-10-2-3-11(12)4-10/h7-12,15H,2-6H2,1H3. The van der Waals surface area contributed by atoms with Gasteiger partial charge in [0, 0.05) is 12.1 Å². The number of aromatic nitrogens is 3. The molecular formula is C12H20N4. The van der Waals surface area contributed by atoms with Crippen LogP contribution in [0.15, 0.2) is 12.7 Å². The van der Waals surface area contributed by atoms with Crippen molar-refractivity contribution < 1.29 is 0 Å². The van der Waals surface area contributed by atoms with E-state index < -0.39 is 0 Å². The van der Waals surface area contributed by atoms with E-state index in [0.29, 0.717) is 6.04 Å². The Morgan fingerprint density at radius 3 is 3.00 bits per heavy atom. The van der Waals surface area contributed by atoms with Gasteiger partial charge in [0.1, 0.15) is 12.7 Å². The van der Waals surface area contributed by atoms with E-state index in [1.165, 1.54) is 25.7 Å². The number of nitrogens with one attached hydrogen (secondary N) is 1. The first kappa shape index (κ1) is 10.3. The fraction of sp³-hybridized carbons (Fsp3) is 0.833. The van der Waals surface area contributed by atoms with Gasteiger partial charge in [0.2, 0.25) is 0 Å². The van der Waals surface area contributed by atoms with Gasteiger partial charge in [-0.3, -0.25) is 4.68 Å². The van der Waals surface area contributed by atoms with Crippen molar-refractivity contribution >= 4 is 0 Å². The van der Waals surface area contributed by atoms with Crippen molar-refractivity contribution in [1.82, 2.24) is 20.1 Å². The summed E-state index contributed by atoms with van der Waals surface area (Å²) in [6.07, 6.45) is 9.17. The molecule has 0 spiro atoms. The van der Waals surface area contributed by atoms with E-state index >= 15 is 0 Å². The minimum atomic E-state index is 0.492. The second-order valence-electron chi connectivity index (χ2n) is 5.47. The number of rotatable bonds is 4. The number of fused-ring (bicyclic) bond motifs is 2. The van der Waals surface area contributed by atoms with Crippen LogP contribution >= 0.6 is 0 Å². The normalized spacial score (nSPS) is 34.4. The van der Waals surface area contributed by atoms with E-state index in [-0.39, 0.29) is 0 Å². The molecule has 4 nitrogen and oxygen atoms in total. The van der Waals surface area contributed by atoms with Gasteiger partial charge in [-0.05, 0) is 38.0 Å². The lowest BCUT2D eigenvalue weighted by Gasteiger charge is -2.26. The van der Waals surface area contributed by atoms with Gasteiger partial charge < -0.3 is 5.32 Å². The van der Waals surface area contributed by atoms with Gasteiger partial charge in [-0.15, -0.1) is 0 Å². The molecule has 3 rings (SSSR count). The van der Waals surface area contributed by atoms with Crippen LogP contribution in [-0.2, 0) is 6.54 Å². The maximum atomic E-state index is 4.14. The monoisotopic (exact) mass is 220 g/mol. The SMILES string of the molecule is CC(Cn1cncn1)NC1CC2CCC1C2. The molecule has 0 saturated heterocycles. The first-order valence-electron chi connectivity index (χ1n) is 6.39. The molecule has 2 fully saturated rings. The maximum Gasteiger partial charge on any atom is 0.137 e. The Kier molecular flexibility index (Phi) is 2.67. The largest absolute Gasteiger partial charge is 0.309 e. The van der Waals surface area contributed by atoms with Crippen molar-refractivity contribution in [3.63, 3.8) is 0 Å². The zero-order valence-electron chi connectivity index (χ0n) is 9.84. The minimum Gasteiger partial charge on any atom is -0.309 e. The Balaban J connectivity index is 1.51. The average Bonchev–Trinajstić information content (AvgIpc) is 2.92. The van der Waals surface area contributed by atoms with E-state index in [0.717, 1.165) is 24.4 Å². The molecular weight excluding hydrogens is 200 g/mol. The summed E-state index contributed by atoms with van der Waals surface area (Å²) in [5.41, 5.74) is 0. The molecule has 1 N–H and O–H groups in total. The summed E-state index contributed by atoms with van der Waals surface area (Å²) in [6.45, 7) is 3.17. The molecule has 2 saturated carbocycles. The van der Waals surface area contributed by atoms with Gasteiger partial charge in [0.25, 0.3) is 0 Å². The topological polar surface area (TPSA) is 42.7 Å². The highest BCUT2D eigenvalue weighted by atomic mass is 15.3. The fourth-order valence-electron chi connectivity index (χ4n) is 3.47.